The molecule has 0 N–H and O–H groups in total. The summed E-state index contributed by atoms with van der Waals surface area (Å²) in [5.41, 5.74) is 0. The summed E-state index contributed by atoms with van der Waals surface area (Å²) in [5.74, 6) is 4.17. The van der Waals surface area contributed by atoms with Gasteiger partial charge in [0.25, 0.3) is 0 Å². The monoisotopic (exact) mass is 1180 g/mol. The lowest BCUT2D eigenvalue weighted by atomic mass is 9.63. The molecular formula is C85H160. The molecule has 0 aromatic heterocycles. The summed E-state index contributed by atoms with van der Waals surface area (Å²) in [6.07, 6.45) is 109. The third-order valence-electron chi connectivity index (χ3n) is 20.3. The van der Waals surface area contributed by atoms with E-state index in [9.17, 15) is 0 Å². The molecule has 0 aromatic rings. The van der Waals surface area contributed by atoms with Crippen LogP contribution in [-0.2, 0) is 0 Å². The first-order valence-electron chi connectivity index (χ1n) is 39.9. The van der Waals surface area contributed by atoms with E-state index in [0.717, 1.165) is 23.7 Å². The van der Waals surface area contributed by atoms with Gasteiger partial charge in [0.1, 0.15) is 0 Å². The van der Waals surface area contributed by atoms with Gasteiger partial charge in [0.2, 0.25) is 0 Å². The van der Waals surface area contributed by atoms with Gasteiger partial charge in [0.15, 0.2) is 0 Å². The molecule has 500 valence electrons. The predicted octanol–water partition coefficient (Wildman–Crippen LogP) is 31.3. The smallest absolute Gasteiger partial charge is 0.0205 e. The van der Waals surface area contributed by atoms with Crippen LogP contribution in [0.25, 0.3) is 0 Å². The van der Waals surface area contributed by atoms with E-state index >= 15 is 0 Å². The van der Waals surface area contributed by atoms with Gasteiger partial charge in [-0.25, -0.2) is 0 Å². The Morgan fingerprint density at radius 3 is 0.729 bits per heavy atom. The SMILES string of the molecule is C=CCCCCCCCCCCCCC(C=C)C(CCCCCCCCCCCCC=C)C(CCCCCCCCCCCCC=C)C(CCCCCCCCCCCCC=C)C(CCCCCCC)CCCCCCCCCCC=CCCC. The van der Waals surface area contributed by atoms with E-state index in [1.807, 2.05) is 0 Å². The maximum Gasteiger partial charge on any atom is -0.0205 e. The Morgan fingerprint density at radius 1 is 0.200 bits per heavy atom. The molecule has 0 aromatic carbocycles. The average Bonchev–Trinajstić information content (AvgIpc) is 3.51. The molecule has 85 heavy (non-hydrogen) atoms. The number of unbranched alkanes of at least 4 members (excludes halogenated alkanes) is 53. The minimum atomic E-state index is 0.685. The van der Waals surface area contributed by atoms with Gasteiger partial charge in [-0.3, -0.25) is 0 Å². The zero-order valence-corrected chi connectivity index (χ0v) is 59.1. The summed E-state index contributed by atoms with van der Waals surface area (Å²) in [6.45, 7) is 25.3. The molecule has 0 fully saturated rings. The summed E-state index contributed by atoms with van der Waals surface area (Å²) in [5, 5.41) is 0. The third-order valence-corrected chi connectivity index (χ3v) is 20.3. The minimum absolute atomic E-state index is 0.685. The standard InChI is InChI=1S/C85H160/c1-8-15-21-27-32-37-42-47-49-54-59-65-71-77-82(76-70-63-26-20-13-6)84(79-73-67-61-56-51-45-40-35-30-24-18-11-4)85(80-74-68-62-57-52-46-41-36-31-25-19-12-5)83(78-72-66-60-55-50-44-39-34-29-23-17-10-3)81(14-7)75-69-64-58-53-48-43-38-33-28-22-16-9-2/h9-12,14,21,27,81-85H,2-5,7-8,13,15-20,22-26,28-80H2,1,6H3. The zero-order chi connectivity index (χ0) is 61.5. The Balaban J connectivity index is 6.74. The van der Waals surface area contributed by atoms with Gasteiger partial charge in [-0.1, -0.05) is 384 Å². The molecule has 0 nitrogen and oxygen atoms in total. The van der Waals surface area contributed by atoms with Crippen LogP contribution in [0.3, 0.4) is 0 Å². The minimum Gasteiger partial charge on any atom is -0.103 e. The Hall–Kier alpha value is -1.56. The molecule has 0 heteroatoms. The molecule has 0 aliphatic heterocycles. The fourth-order valence-electron chi connectivity index (χ4n) is 14.8. The highest BCUT2D eigenvalue weighted by Gasteiger charge is 2.36. The predicted molar refractivity (Wildman–Crippen MR) is 394 cm³/mol. The topological polar surface area (TPSA) is 0 Å². The first-order valence-corrected chi connectivity index (χ1v) is 39.9. The van der Waals surface area contributed by atoms with E-state index in [0.29, 0.717) is 5.92 Å². The molecule has 0 heterocycles. The number of rotatable bonds is 76. The van der Waals surface area contributed by atoms with Crippen molar-refractivity contribution in [2.24, 2.45) is 29.6 Å². The largest absolute Gasteiger partial charge is 0.103 e. The lowest BCUT2D eigenvalue weighted by Gasteiger charge is -2.42. The van der Waals surface area contributed by atoms with Crippen LogP contribution in [0.15, 0.2) is 75.4 Å². The van der Waals surface area contributed by atoms with Crippen LogP contribution in [0.1, 0.15) is 438 Å². The highest BCUT2D eigenvalue weighted by Crippen LogP contribution is 2.46. The van der Waals surface area contributed by atoms with Crippen LogP contribution in [0.5, 0.6) is 0 Å². The summed E-state index contributed by atoms with van der Waals surface area (Å²) in [6, 6.07) is 0. The molecule has 0 aliphatic rings. The molecule has 0 saturated carbocycles. The Bertz CT molecular complexity index is 1330. The summed E-state index contributed by atoms with van der Waals surface area (Å²) in [7, 11) is 0. The van der Waals surface area contributed by atoms with Crippen molar-refractivity contribution in [2.45, 2.75) is 438 Å². The quantitative estimate of drug-likeness (QED) is 0.0421. The van der Waals surface area contributed by atoms with Crippen molar-refractivity contribution in [2.75, 3.05) is 0 Å². The average molecular weight is 1180 g/mol. The summed E-state index contributed by atoms with van der Waals surface area (Å²) >= 11 is 0. The number of hydrogen-bond acceptors (Lipinski definition) is 0. The normalized spacial score (nSPS) is 13.5. The van der Waals surface area contributed by atoms with Crippen LogP contribution >= 0.6 is 0 Å². The number of hydrogen-bond donors (Lipinski definition) is 0. The summed E-state index contributed by atoms with van der Waals surface area (Å²) < 4.78 is 0. The second-order valence-electron chi connectivity index (χ2n) is 28.1. The van der Waals surface area contributed by atoms with Crippen LogP contribution in [-0.4, -0.2) is 0 Å². The van der Waals surface area contributed by atoms with Crippen LogP contribution < -0.4 is 0 Å². The van der Waals surface area contributed by atoms with Gasteiger partial charge in [-0.05, 0) is 126 Å². The van der Waals surface area contributed by atoms with E-state index in [4.69, 9.17) is 6.58 Å². The second-order valence-corrected chi connectivity index (χ2v) is 28.1. The molecule has 5 atom stereocenters. The third kappa shape index (κ3) is 59.8. The van der Waals surface area contributed by atoms with E-state index in [-0.39, 0.29) is 0 Å². The van der Waals surface area contributed by atoms with Crippen molar-refractivity contribution in [1.29, 1.82) is 0 Å². The zero-order valence-electron chi connectivity index (χ0n) is 59.1. The van der Waals surface area contributed by atoms with Crippen molar-refractivity contribution >= 4 is 0 Å². The molecule has 0 amide bonds. The first-order chi connectivity index (χ1) is 42.1. The molecule has 0 aliphatic carbocycles. The van der Waals surface area contributed by atoms with Gasteiger partial charge >= 0.3 is 0 Å². The van der Waals surface area contributed by atoms with Gasteiger partial charge < -0.3 is 0 Å². The molecule has 0 saturated heterocycles. The van der Waals surface area contributed by atoms with Crippen LogP contribution in [0.2, 0.25) is 0 Å². The highest BCUT2D eigenvalue weighted by molar-refractivity contribution is 4.92. The lowest BCUT2D eigenvalue weighted by molar-refractivity contribution is 0.0856. The maximum absolute atomic E-state index is 4.83. The fraction of sp³-hybridized carbons (Fsp3) is 0.859. The van der Waals surface area contributed by atoms with Crippen molar-refractivity contribution in [3.8, 4) is 0 Å². The maximum atomic E-state index is 4.83. The van der Waals surface area contributed by atoms with Gasteiger partial charge in [-0.2, -0.15) is 0 Å². The van der Waals surface area contributed by atoms with Gasteiger partial charge in [-0.15, -0.1) is 32.9 Å². The molecule has 0 rings (SSSR count). The molecule has 0 spiro atoms. The van der Waals surface area contributed by atoms with Crippen molar-refractivity contribution in [1.82, 2.24) is 0 Å². The Kier molecular flexibility index (Phi) is 71.8. The van der Waals surface area contributed by atoms with Gasteiger partial charge in [0.05, 0.1) is 0 Å². The van der Waals surface area contributed by atoms with E-state index in [1.54, 1.807) is 0 Å². The summed E-state index contributed by atoms with van der Waals surface area (Å²) in [4.78, 5) is 0. The Morgan fingerprint density at radius 2 is 0.435 bits per heavy atom. The first kappa shape index (κ1) is 83.4. The number of allylic oxidation sites excluding steroid dienone is 7. The van der Waals surface area contributed by atoms with Gasteiger partial charge in [0, 0.05) is 0 Å². The van der Waals surface area contributed by atoms with Crippen molar-refractivity contribution in [3.05, 3.63) is 75.4 Å². The van der Waals surface area contributed by atoms with Crippen LogP contribution in [0.4, 0.5) is 0 Å². The Labute approximate surface area is 539 Å². The fourth-order valence-corrected chi connectivity index (χ4v) is 14.8. The van der Waals surface area contributed by atoms with Crippen molar-refractivity contribution < 1.29 is 0 Å². The van der Waals surface area contributed by atoms with Crippen LogP contribution in [0, 0.1) is 29.6 Å². The molecule has 0 radical (unpaired) electrons. The van der Waals surface area contributed by atoms with E-state index < -0.39 is 0 Å². The highest BCUT2D eigenvalue weighted by atomic mass is 14.4. The molecule has 5 unspecified atom stereocenters. The van der Waals surface area contributed by atoms with E-state index in [2.05, 4.69) is 82.7 Å². The molecular weight excluding hydrogens is 1020 g/mol. The van der Waals surface area contributed by atoms with Crippen molar-refractivity contribution in [3.63, 3.8) is 0 Å². The van der Waals surface area contributed by atoms with E-state index in [1.165, 1.54) is 424 Å². The lowest BCUT2D eigenvalue weighted by Crippen LogP contribution is -2.34. The second kappa shape index (κ2) is 73.2. The molecule has 0 bridgehead atoms.